The quantitative estimate of drug-likeness (QED) is 0.914. The van der Waals surface area contributed by atoms with Crippen LogP contribution >= 0.6 is 27.5 Å². The number of carbonyl (C=O) groups is 1. The largest absolute Gasteiger partial charge is 0.496 e. The van der Waals surface area contributed by atoms with E-state index >= 15 is 0 Å². The second-order valence-electron chi connectivity index (χ2n) is 3.96. The summed E-state index contributed by atoms with van der Waals surface area (Å²) in [6.07, 6.45) is 1.57. The van der Waals surface area contributed by atoms with E-state index in [1.807, 2.05) is 0 Å². The van der Waals surface area contributed by atoms with Crippen LogP contribution in [0.1, 0.15) is 16.1 Å². The Hall–Kier alpha value is -1.59. The van der Waals surface area contributed by atoms with E-state index < -0.39 is 0 Å². The smallest absolute Gasteiger partial charge is 0.270 e. The van der Waals surface area contributed by atoms with Crippen molar-refractivity contribution in [1.82, 2.24) is 10.3 Å². The molecule has 0 aliphatic rings. The first-order valence-electron chi connectivity index (χ1n) is 5.83. The van der Waals surface area contributed by atoms with E-state index in [0.29, 0.717) is 16.5 Å². The molecule has 4 nitrogen and oxygen atoms in total. The SMILES string of the molecule is COc1cccc(Cl)c1CNC(=O)c1ccc(Br)cn1. The summed E-state index contributed by atoms with van der Waals surface area (Å²) in [5, 5.41) is 3.32. The average Bonchev–Trinajstić information content (AvgIpc) is 2.46. The number of nitrogens with zero attached hydrogens (tertiary/aromatic N) is 1. The number of hydrogen-bond donors (Lipinski definition) is 1. The fourth-order valence-corrected chi connectivity index (χ4v) is 2.14. The molecule has 0 unspecified atom stereocenters. The number of rotatable bonds is 4. The van der Waals surface area contributed by atoms with Crippen LogP contribution in [0, 0.1) is 0 Å². The molecule has 0 atom stereocenters. The Morgan fingerprint density at radius 2 is 2.20 bits per heavy atom. The van der Waals surface area contributed by atoms with Crippen molar-refractivity contribution in [2.24, 2.45) is 0 Å². The molecule has 0 fully saturated rings. The standard InChI is InChI=1S/C14H12BrClN2O2/c1-20-13-4-2-3-11(16)10(13)8-18-14(19)12-6-5-9(15)7-17-12/h2-7H,8H2,1H3,(H,18,19). The van der Waals surface area contributed by atoms with E-state index in [0.717, 1.165) is 10.0 Å². The van der Waals surface area contributed by atoms with E-state index in [1.54, 1.807) is 43.6 Å². The Balaban J connectivity index is 2.09. The van der Waals surface area contributed by atoms with Crippen molar-refractivity contribution in [3.8, 4) is 5.75 Å². The molecule has 0 saturated heterocycles. The van der Waals surface area contributed by atoms with Gasteiger partial charge in [-0.1, -0.05) is 17.7 Å². The molecular weight excluding hydrogens is 344 g/mol. The molecule has 0 aliphatic carbocycles. The van der Waals surface area contributed by atoms with Gasteiger partial charge in [-0.2, -0.15) is 0 Å². The maximum atomic E-state index is 12.0. The molecule has 0 spiro atoms. The van der Waals surface area contributed by atoms with Gasteiger partial charge in [-0.3, -0.25) is 4.79 Å². The van der Waals surface area contributed by atoms with Gasteiger partial charge in [-0.15, -0.1) is 0 Å². The van der Waals surface area contributed by atoms with E-state index in [2.05, 4.69) is 26.2 Å². The van der Waals surface area contributed by atoms with Crippen molar-refractivity contribution in [2.75, 3.05) is 7.11 Å². The number of amides is 1. The topological polar surface area (TPSA) is 51.2 Å². The van der Waals surface area contributed by atoms with Crippen molar-refractivity contribution in [1.29, 1.82) is 0 Å². The second-order valence-corrected chi connectivity index (χ2v) is 5.29. The van der Waals surface area contributed by atoms with Crippen LogP contribution in [-0.4, -0.2) is 18.0 Å². The second kappa shape index (κ2) is 6.72. The van der Waals surface area contributed by atoms with Gasteiger partial charge >= 0.3 is 0 Å². The van der Waals surface area contributed by atoms with Crippen molar-refractivity contribution in [3.63, 3.8) is 0 Å². The van der Waals surface area contributed by atoms with Gasteiger partial charge in [-0.05, 0) is 40.2 Å². The molecule has 0 bridgehead atoms. The number of pyridine rings is 1. The van der Waals surface area contributed by atoms with Crippen LogP contribution in [0.2, 0.25) is 5.02 Å². The lowest BCUT2D eigenvalue weighted by Gasteiger charge is -2.11. The zero-order valence-electron chi connectivity index (χ0n) is 10.7. The number of aromatic nitrogens is 1. The highest BCUT2D eigenvalue weighted by Gasteiger charge is 2.11. The van der Waals surface area contributed by atoms with Gasteiger partial charge in [0, 0.05) is 27.8 Å². The molecule has 2 rings (SSSR count). The Morgan fingerprint density at radius 1 is 1.40 bits per heavy atom. The molecular formula is C14H12BrClN2O2. The van der Waals surface area contributed by atoms with Crippen molar-refractivity contribution >= 4 is 33.4 Å². The third-order valence-corrected chi connectivity index (χ3v) is 3.50. The summed E-state index contributed by atoms with van der Waals surface area (Å²) in [7, 11) is 1.56. The number of nitrogens with one attached hydrogen (secondary N) is 1. The van der Waals surface area contributed by atoms with Crippen molar-refractivity contribution < 1.29 is 9.53 Å². The molecule has 1 aromatic heterocycles. The minimum absolute atomic E-state index is 0.264. The van der Waals surface area contributed by atoms with Crippen LogP contribution in [0.3, 0.4) is 0 Å². The fraction of sp³-hybridized carbons (Fsp3) is 0.143. The summed E-state index contributed by atoms with van der Waals surface area (Å²) in [4.78, 5) is 16.0. The van der Waals surface area contributed by atoms with Gasteiger partial charge < -0.3 is 10.1 Å². The lowest BCUT2D eigenvalue weighted by Crippen LogP contribution is -2.24. The van der Waals surface area contributed by atoms with Gasteiger partial charge in [0.2, 0.25) is 0 Å². The maximum Gasteiger partial charge on any atom is 0.270 e. The van der Waals surface area contributed by atoms with Crippen LogP contribution in [0.25, 0.3) is 0 Å². The molecule has 1 aromatic carbocycles. The van der Waals surface area contributed by atoms with E-state index in [-0.39, 0.29) is 12.5 Å². The summed E-state index contributed by atoms with van der Waals surface area (Å²) in [5.74, 6) is 0.376. The lowest BCUT2D eigenvalue weighted by atomic mass is 10.2. The van der Waals surface area contributed by atoms with E-state index in [4.69, 9.17) is 16.3 Å². The Bertz CT molecular complexity index is 617. The predicted octanol–water partition coefficient (Wildman–Crippen LogP) is 3.44. The first kappa shape index (κ1) is 14.8. The highest BCUT2D eigenvalue weighted by molar-refractivity contribution is 9.10. The molecule has 1 N–H and O–H groups in total. The summed E-state index contributed by atoms with van der Waals surface area (Å²) in [6.45, 7) is 0.277. The van der Waals surface area contributed by atoms with Crippen LogP contribution in [0.5, 0.6) is 5.75 Å². The molecule has 1 heterocycles. The number of benzene rings is 1. The molecule has 6 heteroatoms. The number of halogens is 2. The van der Waals surface area contributed by atoms with Gasteiger partial charge in [0.05, 0.1) is 7.11 Å². The van der Waals surface area contributed by atoms with Crippen LogP contribution < -0.4 is 10.1 Å². The number of carbonyl (C=O) groups excluding carboxylic acids is 1. The Kier molecular flexibility index (Phi) is 4.98. The minimum Gasteiger partial charge on any atom is -0.496 e. The van der Waals surface area contributed by atoms with Crippen molar-refractivity contribution in [2.45, 2.75) is 6.54 Å². The third-order valence-electron chi connectivity index (χ3n) is 2.68. The number of methoxy groups -OCH3 is 1. The molecule has 20 heavy (non-hydrogen) atoms. The summed E-state index contributed by atoms with van der Waals surface area (Å²) >= 11 is 9.38. The van der Waals surface area contributed by atoms with Crippen LogP contribution in [0.4, 0.5) is 0 Å². The molecule has 0 aliphatic heterocycles. The van der Waals surface area contributed by atoms with Gasteiger partial charge in [-0.25, -0.2) is 4.98 Å². The maximum absolute atomic E-state index is 12.0. The zero-order chi connectivity index (χ0) is 14.5. The van der Waals surface area contributed by atoms with Gasteiger partial charge in [0.15, 0.2) is 0 Å². The first-order chi connectivity index (χ1) is 9.61. The third kappa shape index (κ3) is 3.49. The molecule has 1 amide bonds. The fourth-order valence-electron chi connectivity index (χ4n) is 1.67. The molecule has 0 saturated carbocycles. The highest BCUT2D eigenvalue weighted by atomic mass is 79.9. The predicted molar refractivity (Wildman–Crippen MR) is 81.1 cm³/mol. The van der Waals surface area contributed by atoms with E-state index in [9.17, 15) is 4.79 Å². The molecule has 2 aromatic rings. The van der Waals surface area contributed by atoms with Gasteiger partial charge in [0.25, 0.3) is 5.91 Å². The average molecular weight is 356 g/mol. The van der Waals surface area contributed by atoms with Crippen LogP contribution in [0.15, 0.2) is 41.0 Å². The summed E-state index contributed by atoms with van der Waals surface area (Å²) in [6, 6.07) is 8.75. The number of ether oxygens (including phenoxy) is 1. The Labute approximate surface area is 130 Å². The minimum atomic E-state index is -0.264. The lowest BCUT2D eigenvalue weighted by molar-refractivity contribution is 0.0945. The normalized spacial score (nSPS) is 10.2. The summed E-state index contributed by atoms with van der Waals surface area (Å²) in [5.41, 5.74) is 1.08. The molecule has 0 radical (unpaired) electrons. The van der Waals surface area contributed by atoms with Gasteiger partial charge in [0.1, 0.15) is 11.4 Å². The van der Waals surface area contributed by atoms with Crippen LogP contribution in [-0.2, 0) is 6.54 Å². The Morgan fingerprint density at radius 3 is 2.85 bits per heavy atom. The highest BCUT2D eigenvalue weighted by Crippen LogP contribution is 2.25. The van der Waals surface area contributed by atoms with E-state index in [1.165, 1.54) is 0 Å². The first-order valence-corrected chi connectivity index (χ1v) is 7.00. The van der Waals surface area contributed by atoms with Crippen molar-refractivity contribution in [3.05, 3.63) is 57.3 Å². The molecule has 104 valence electrons. The zero-order valence-corrected chi connectivity index (χ0v) is 13.0. The monoisotopic (exact) mass is 354 g/mol. The number of hydrogen-bond acceptors (Lipinski definition) is 3. The summed E-state index contributed by atoms with van der Waals surface area (Å²) < 4.78 is 6.04.